The third kappa shape index (κ3) is 3.56. The zero-order valence-corrected chi connectivity index (χ0v) is 11.4. The quantitative estimate of drug-likeness (QED) is 0.556. The fourth-order valence-corrected chi connectivity index (χ4v) is 3.90. The summed E-state index contributed by atoms with van der Waals surface area (Å²) in [4.78, 5) is 12.1. The van der Waals surface area contributed by atoms with Gasteiger partial charge in [0, 0.05) is 12.3 Å². The van der Waals surface area contributed by atoms with Crippen LogP contribution in [0.1, 0.15) is 77.6 Å². The molecule has 0 heterocycles. The van der Waals surface area contributed by atoms with Gasteiger partial charge in [-0.2, -0.15) is 0 Å². The van der Waals surface area contributed by atoms with Crippen LogP contribution in [-0.2, 0) is 4.79 Å². The van der Waals surface area contributed by atoms with Crippen LogP contribution in [0.25, 0.3) is 0 Å². The van der Waals surface area contributed by atoms with E-state index in [2.05, 4.69) is 6.92 Å². The Morgan fingerprint density at radius 1 is 1.00 bits per heavy atom. The minimum Gasteiger partial charge on any atom is -0.299 e. The summed E-state index contributed by atoms with van der Waals surface area (Å²) in [5.41, 5.74) is 0. The lowest BCUT2D eigenvalue weighted by Gasteiger charge is -2.20. The van der Waals surface area contributed by atoms with E-state index in [1.807, 2.05) is 0 Å². The van der Waals surface area contributed by atoms with Crippen LogP contribution in [0.5, 0.6) is 0 Å². The molecule has 0 spiro atoms. The van der Waals surface area contributed by atoms with E-state index in [1.54, 1.807) is 0 Å². The molecule has 98 valence electrons. The number of Topliss-reactive ketones (excluding diaryl/α,β-unsaturated/α-hetero) is 1. The SMILES string of the molecule is CCCCCCCCC(=O)C1CC2CCC1C2. The van der Waals surface area contributed by atoms with Crippen LogP contribution < -0.4 is 0 Å². The summed E-state index contributed by atoms with van der Waals surface area (Å²) in [6.45, 7) is 2.25. The molecule has 0 aromatic heterocycles. The number of hydrogen-bond donors (Lipinski definition) is 0. The Labute approximate surface area is 106 Å². The molecule has 0 aliphatic heterocycles. The van der Waals surface area contributed by atoms with Crippen LogP contribution in [-0.4, -0.2) is 5.78 Å². The summed E-state index contributed by atoms with van der Waals surface area (Å²) in [5, 5.41) is 0. The molecule has 0 aromatic carbocycles. The fraction of sp³-hybridized carbons (Fsp3) is 0.938. The summed E-state index contributed by atoms with van der Waals surface area (Å²) in [5.74, 6) is 2.78. The molecule has 2 rings (SSSR count). The minimum absolute atomic E-state index is 0.476. The van der Waals surface area contributed by atoms with Crippen molar-refractivity contribution < 1.29 is 4.79 Å². The smallest absolute Gasteiger partial charge is 0.136 e. The number of rotatable bonds is 8. The van der Waals surface area contributed by atoms with E-state index in [9.17, 15) is 4.79 Å². The Hall–Kier alpha value is -0.330. The topological polar surface area (TPSA) is 17.1 Å². The van der Waals surface area contributed by atoms with Gasteiger partial charge in [-0.1, -0.05) is 45.4 Å². The van der Waals surface area contributed by atoms with Crippen LogP contribution in [0.4, 0.5) is 0 Å². The Bertz CT molecular complexity index is 246. The standard InChI is InChI=1S/C16H28O/c1-2-3-4-5-6-7-8-16(17)15-12-13-9-10-14(15)11-13/h13-15H,2-12H2,1H3. The van der Waals surface area contributed by atoms with Gasteiger partial charge < -0.3 is 0 Å². The van der Waals surface area contributed by atoms with E-state index in [0.29, 0.717) is 11.7 Å². The van der Waals surface area contributed by atoms with Crippen LogP contribution in [0.3, 0.4) is 0 Å². The second kappa shape index (κ2) is 6.56. The lowest BCUT2D eigenvalue weighted by atomic mass is 9.84. The van der Waals surface area contributed by atoms with Gasteiger partial charge >= 0.3 is 0 Å². The van der Waals surface area contributed by atoms with E-state index < -0.39 is 0 Å². The molecule has 17 heavy (non-hydrogen) atoms. The van der Waals surface area contributed by atoms with Gasteiger partial charge in [0.1, 0.15) is 5.78 Å². The first-order valence-electron chi connectivity index (χ1n) is 7.84. The van der Waals surface area contributed by atoms with E-state index >= 15 is 0 Å². The molecule has 0 N–H and O–H groups in total. The van der Waals surface area contributed by atoms with Crippen molar-refractivity contribution in [2.24, 2.45) is 17.8 Å². The molecule has 1 nitrogen and oxygen atoms in total. The molecule has 0 saturated heterocycles. The predicted molar refractivity (Wildman–Crippen MR) is 71.9 cm³/mol. The second-order valence-electron chi connectivity index (χ2n) is 6.27. The van der Waals surface area contributed by atoms with Crippen LogP contribution >= 0.6 is 0 Å². The molecule has 2 saturated carbocycles. The average molecular weight is 236 g/mol. The van der Waals surface area contributed by atoms with Gasteiger partial charge in [0.25, 0.3) is 0 Å². The third-order valence-electron chi connectivity index (χ3n) is 4.93. The molecule has 2 aliphatic carbocycles. The normalized spacial score (nSPS) is 31.0. The number of fused-ring (bicyclic) bond motifs is 2. The Balaban J connectivity index is 1.55. The predicted octanol–water partition coefficient (Wildman–Crippen LogP) is 4.74. The van der Waals surface area contributed by atoms with Gasteiger partial charge in [0.05, 0.1) is 0 Å². The summed E-state index contributed by atoms with van der Waals surface area (Å²) in [6.07, 6.45) is 14.0. The first-order valence-corrected chi connectivity index (χ1v) is 7.84. The molecule has 0 amide bonds. The van der Waals surface area contributed by atoms with E-state index in [-0.39, 0.29) is 0 Å². The molecule has 2 aliphatic rings. The van der Waals surface area contributed by atoms with Crippen molar-refractivity contribution in [3.8, 4) is 0 Å². The molecule has 0 radical (unpaired) electrons. The molecular weight excluding hydrogens is 208 g/mol. The van der Waals surface area contributed by atoms with Gasteiger partial charge in [-0.15, -0.1) is 0 Å². The summed E-state index contributed by atoms with van der Waals surface area (Å²) >= 11 is 0. The molecule has 3 unspecified atom stereocenters. The summed E-state index contributed by atoms with van der Waals surface area (Å²) in [6, 6.07) is 0. The molecule has 0 aromatic rings. The Morgan fingerprint density at radius 3 is 2.41 bits per heavy atom. The lowest BCUT2D eigenvalue weighted by Crippen LogP contribution is -2.20. The Morgan fingerprint density at radius 2 is 1.76 bits per heavy atom. The second-order valence-corrected chi connectivity index (χ2v) is 6.27. The van der Waals surface area contributed by atoms with Crippen molar-refractivity contribution in [2.45, 2.75) is 77.6 Å². The van der Waals surface area contributed by atoms with Crippen molar-refractivity contribution in [2.75, 3.05) is 0 Å². The highest BCUT2D eigenvalue weighted by atomic mass is 16.1. The first-order chi connectivity index (χ1) is 8.31. The van der Waals surface area contributed by atoms with E-state index in [0.717, 1.165) is 24.7 Å². The Kier molecular flexibility index (Phi) is 5.06. The molecule has 1 heteroatoms. The summed E-state index contributed by atoms with van der Waals surface area (Å²) in [7, 11) is 0. The number of unbranched alkanes of at least 4 members (excludes halogenated alkanes) is 5. The molecule has 2 bridgehead atoms. The zero-order valence-electron chi connectivity index (χ0n) is 11.4. The monoisotopic (exact) mass is 236 g/mol. The zero-order chi connectivity index (χ0) is 12.1. The van der Waals surface area contributed by atoms with Gasteiger partial charge in [-0.25, -0.2) is 0 Å². The van der Waals surface area contributed by atoms with Crippen molar-refractivity contribution in [3.05, 3.63) is 0 Å². The number of carbonyl (C=O) groups excluding carboxylic acids is 1. The van der Waals surface area contributed by atoms with Crippen molar-refractivity contribution in [1.29, 1.82) is 0 Å². The number of hydrogen-bond acceptors (Lipinski definition) is 1. The largest absolute Gasteiger partial charge is 0.299 e. The molecular formula is C16H28O. The maximum absolute atomic E-state index is 12.1. The van der Waals surface area contributed by atoms with Crippen LogP contribution in [0.2, 0.25) is 0 Å². The van der Waals surface area contributed by atoms with Gasteiger partial charge in [0.2, 0.25) is 0 Å². The molecule has 3 atom stereocenters. The highest BCUT2D eigenvalue weighted by Crippen LogP contribution is 2.48. The van der Waals surface area contributed by atoms with Crippen molar-refractivity contribution in [3.63, 3.8) is 0 Å². The van der Waals surface area contributed by atoms with E-state index in [4.69, 9.17) is 0 Å². The number of carbonyl (C=O) groups is 1. The highest BCUT2D eigenvalue weighted by molar-refractivity contribution is 5.81. The third-order valence-corrected chi connectivity index (χ3v) is 4.93. The maximum atomic E-state index is 12.1. The van der Waals surface area contributed by atoms with E-state index in [1.165, 1.54) is 57.8 Å². The first kappa shape index (κ1) is 13.1. The van der Waals surface area contributed by atoms with Gasteiger partial charge in [-0.3, -0.25) is 4.79 Å². The maximum Gasteiger partial charge on any atom is 0.136 e. The van der Waals surface area contributed by atoms with Crippen LogP contribution in [0, 0.1) is 17.8 Å². The highest BCUT2D eigenvalue weighted by Gasteiger charge is 2.42. The molecule has 2 fully saturated rings. The lowest BCUT2D eigenvalue weighted by molar-refractivity contribution is -0.124. The minimum atomic E-state index is 0.476. The van der Waals surface area contributed by atoms with Crippen molar-refractivity contribution in [1.82, 2.24) is 0 Å². The summed E-state index contributed by atoms with van der Waals surface area (Å²) < 4.78 is 0. The van der Waals surface area contributed by atoms with Crippen LogP contribution in [0.15, 0.2) is 0 Å². The average Bonchev–Trinajstić information content (AvgIpc) is 2.95. The van der Waals surface area contributed by atoms with Crippen molar-refractivity contribution >= 4 is 5.78 Å². The van der Waals surface area contributed by atoms with Gasteiger partial charge in [0.15, 0.2) is 0 Å². The number of ketones is 1. The fourth-order valence-electron chi connectivity index (χ4n) is 3.90. The van der Waals surface area contributed by atoms with Gasteiger partial charge in [-0.05, 0) is 37.5 Å².